The molecule has 128 valence electrons. The van der Waals surface area contributed by atoms with Gasteiger partial charge in [0.15, 0.2) is 0 Å². The first-order chi connectivity index (χ1) is 11.1. The van der Waals surface area contributed by atoms with Crippen LogP contribution in [0.1, 0.15) is 47.9 Å². The van der Waals surface area contributed by atoms with E-state index in [1.54, 1.807) is 25.3 Å². The number of hydrogen-bond acceptors (Lipinski definition) is 2. The lowest BCUT2D eigenvalue weighted by atomic mass is 9.98. The van der Waals surface area contributed by atoms with Crippen LogP contribution in [0, 0.1) is 12.7 Å². The van der Waals surface area contributed by atoms with Crippen molar-refractivity contribution in [3.05, 3.63) is 57.3 Å². The summed E-state index contributed by atoms with van der Waals surface area (Å²) in [5.74, 6) is -2.49. The molecular formula is C17H16F3NO3. The van der Waals surface area contributed by atoms with Crippen molar-refractivity contribution in [3.8, 4) is 11.1 Å². The van der Waals surface area contributed by atoms with Gasteiger partial charge in [-0.1, -0.05) is 6.07 Å². The van der Waals surface area contributed by atoms with Gasteiger partial charge in [-0.2, -0.15) is 0 Å². The van der Waals surface area contributed by atoms with Crippen molar-refractivity contribution in [2.24, 2.45) is 0 Å². The molecule has 2 rings (SSSR count). The second-order valence-electron chi connectivity index (χ2n) is 5.68. The minimum Gasteiger partial charge on any atom is -0.477 e. The predicted octanol–water partition coefficient (Wildman–Crippen LogP) is 4.18. The molecule has 0 radical (unpaired) electrons. The highest BCUT2D eigenvalue weighted by Crippen LogP contribution is 2.29. The highest BCUT2D eigenvalue weighted by Gasteiger charge is 2.22. The third-order valence-corrected chi connectivity index (χ3v) is 3.80. The summed E-state index contributed by atoms with van der Waals surface area (Å²) in [7, 11) is 0. The average Bonchev–Trinajstić information content (AvgIpc) is 2.47. The lowest BCUT2D eigenvalue weighted by Gasteiger charge is -2.19. The van der Waals surface area contributed by atoms with Gasteiger partial charge in [0.2, 0.25) is 5.43 Å². The largest absolute Gasteiger partial charge is 0.477 e. The summed E-state index contributed by atoms with van der Waals surface area (Å²) in [5, 5.41) is 9.23. The van der Waals surface area contributed by atoms with E-state index in [0.29, 0.717) is 5.69 Å². The quantitative estimate of drug-likeness (QED) is 0.909. The number of rotatable bonds is 4. The van der Waals surface area contributed by atoms with Gasteiger partial charge in [0.1, 0.15) is 11.4 Å². The number of aromatic nitrogens is 1. The van der Waals surface area contributed by atoms with Crippen LogP contribution in [0.15, 0.2) is 29.2 Å². The van der Waals surface area contributed by atoms with Crippen LogP contribution in [0.3, 0.4) is 0 Å². The Labute approximate surface area is 136 Å². The summed E-state index contributed by atoms with van der Waals surface area (Å²) >= 11 is 0. The number of carboxylic acids is 1. The highest BCUT2D eigenvalue weighted by molar-refractivity contribution is 5.89. The summed E-state index contributed by atoms with van der Waals surface area (Å²) < 4.78 is 40.9. The number of carbonyl (C=O) groups is 1. The average molecular weight is 339 g/mol. The summed E-state index contributed by atoms with van der Waals surface area (Å²) in [6.07, 6.45) is -1.81. The molecule has 0 atom stereocenters. The second-order valence-corrected chi connectivity index (χ2v) is 5.68. The van der Waals surface area contributed by atoms with Crippen LogP contribution in [0.25, 0.3) is 11.1 Å². The molecule has 0 fully saturated rings. The van der Waals surface area contributed by atoms with E-state index in [4.69, 9.17) is 0 Å². The van der Waals surface area contributed by atoms with E-state index < -0.39 is 34.8 Å². The van der Waals surface area contributed by atoms with Crippen LogP contribution in [-0.4, -0.2) is 15.6 Å². The maximum Gasteiger partial charge on any atom is 0.341 e. The minimum atomic E-state index is -3.04. The Morgan fingerprint density at radius 2 is 1.88 bits per heavy atom. The molecule has 1 N–H and O–H groups in total. The van der Waals surface area contributed by atoms with Gasteiger partial charge in [0, 0.05) is 23.5 Å². The maximum atomic E-state index is 13.5. The van der Waals surface area contributed by atoms with Crippen molar-refractivity contribution in [2.75, 3.05) is 0 Å². The van der Waals surface area contributed by atoms with Crippen molar-refractivity contribution in [1.82, 2.24) is 4.57 Å². The number of benzene rings is 1. The van der Waals surface area contributed by atoms with Crippen LogP contribution >= 0.6 is 0 Å². The molecular weight excluding hydrogens is 323 g/mol. The maximum absolute atomic E-state index is 13.5. The third-order valence-electron chi connectivity index (χ3n) is 3.80. The molecule has 0 bridgehead atoms. The van der Waals surface area contributed by atoms with Crippen LogP contribution in [-0.2, 0) is 0 Å². The zero-order valence-corrected chi connectivity index (χ0v) is 13.3. The number of halogens is 3. The van der Waals surface area contributed by atoms with Crippen LogP contribution in [0.2, 0.25) is 0 Å². The van der Waals surface area contributed by atoms with E-state index in [1.165, 1.54) is 12.3 Å². The zero-order valence-electron chi connectivity index (χ0n) is 13.3. The molecule has 0 amide bonds. The predicted molar refractivity (Wildman–Crippen MR) is 83.1 cm³/mol. The molecule has 0 aliphatic carbocycles. The van der Waals surface area contributed by atoms with Gasteiger partial charge < -0.3 is 9.67 Å². The van der Waals surface area contributed by atoms with Gasteiger partial charge in [-0.15, -0.1) is 0 Å². The fourth-order valence-electron chi connectivity index (χ4n) is 2.62. The number of pyridine rings is 1. The first kappa shape index (κ1) is 17.8. The molecule has 24 heavy (non-hydrogen) atoms. The Kier molecular flexibility index (Phi) is 4.82. The lowest BCUT2D eigenvalue weighted by molar-refractivity contribution is 0.0694. The van der Waals surface area contributed by atoms with Gasteiger partial charge in [0.05, 0.1) is 5.56 Å². The van der Waals surface area contributed by atoms with E-state index in [1.807, 2.05) is 0 Å². The summed E-state index contributed by atoms with van der Waals surface area (Å²) in [4.78, 5) is 23.8. The van der Waals surface area contributed by atoms with Crippen molar-refractivity contribution in [1.29, 1.82) is 0 Å². The molecule has 1 heterocycles. The van der Waals surface area contributed by atoms with Gasteiger partial charge in [-0.25, -0.2) is 18.0 Å². The molecule has 0 aliphatic rings. The first-order valence-corrected chi connectivity index (χ1v) is 7.22. The normalized spacial score (nSPS) is 11.3. The smallest absolute Gasteiger partial charge is 0.341 e. The van der Waals surface area contributed by atoms with Crippen LogP contribution in [0.5, 0.6) is 0 Å². The Hall–Kier alpha value is -2.57. The molecule has 1 aromatic carbocycles. The molecule has 0 aliphatic heterocycles. The summed E-state index contributed by atoms with van der Waals surface area (Å²) in [6, 6.07) is 2.78. The number of nitrogens with zero attached hydrogens (tertiary/aromatic N) is 1. The van der Waals surface area contributed by atoms with Crippen LogP contribution < -0.4 is 5.43 Å². The van der Waals surface area contributed by atoms with E-state index in [2.05, 4.69) is 0 Å². The number of alkyl halides is 2. The summed E-state index contributed by atoms with van der Waals surface area (Å²) in [6.45, 7) is 5.18. The molecule has 0 unspecified atom stereocenters. The number of carboxylic acid groups (broad SMARTS) is 1. The fourth-order valence-corrected chi connectivity index (χ4v) is 2.62. The van der Waals surface area contributed by atoms with Crippen molar-refractivity contribution in [3.63, 3.8) is 0 Å². The first-order valence-electron chi connectivity index (χ1n) is 7.22. The van der Waals surface area contributed by atoms with Crippen LogP contribution in [0.4, 0.5) is 13.2 Å². The Morgan fingerprint density at radius 3 is 2.38 bits per heavy atom. The highest BCUT2D eigenvalue weighted by atomic mass is 19.3. The van der Waals surface area contributed by atoms with Crippen molar-refractivity contribution >= 4 is 5.97 Å². The Morgan fingerprint density at radius 1 is 1.25 bits per heavy atom. The van der Waals surface area contributed by atoms with E-state index in [9.17, 15) is 27.9 Å². The van der Waals surface area contributed by atoms with Gasteiger partial charge >= 0.3 is 5.97 Å². The zero-order chi connectivity index (χ0) is 18.2. The topological polar surface area (TPSA) is 59.3 Å². The van der Waals surface area contributed by atoms with Gasteiger partial charge in [-0.05, 0) is 38.5 Å². The van der Waals surface area contributed by atoms with E-state index >= 15 is 0 Å². The number of aromatic carboxylic acids is 1. The van der Waals surface area contributed by atoms with Gasteiger partial charge in [-0.3, -0.25) is 4.79 Å². The molecule has 2 aromatic rings. The third kappa shape index (κ3) is 3.06. The van der Waals surface area contributed by atoms with Crippen molar-refractivity contribution < 1.29 is 23.1 Å². The standard InChI is InChI=1S/C17H16F3NO3/c1-8(2)21-7-12(17(23)24)15(22)14(9(21)3)10-4-5-13(18)11(6-10)16(19)20/h4-8,16H,1-3H3,(H,23,24). The molecule has 7 heteroatoms. The minimum absolute atomic E-state index is 0.0227. The van der Waals surface area contributed by atoms with E-state index in [0.717, 1.165) is 12.1 Å². The molecule has 1 aromatic heterocycles. The summed E-state index contributed by atoms with van der Waals surface area (Å²) in [5.41, 5.74) is -1.62. The Balaban J connectivity index is 2.86. The molecule has 0 spiro atoms. The SMILES string of the molecule is Cc1c(-c2ccc(F)c(C(F)F)c2)c(=O)c(C(=O)O)cn1C(C)C. The van der Waals surface area contributed by atoms with Crippen molar-refractivity contribution in [2.45, 2.75) is 33.2 Å². The van der Waals surface area contributed by atoms with Gasteiger partial charge in [0.25, 0.3) is 6.43 Å². The lowest BCUT2D eigenvalue weighted by Crippen LogP contribution is -2.23. The molecule has 0 saturated carbocycles. The molecule has 4 nitrogen and oxygen atoms in total. The number of hydrogen-bond donors (Lipinski definition) is 1. The fraction of sp³-hybridized carbons (Fsp3) is 0.294. The monoisotopic (exact) mass is 339 g/mol. The van der Waals surface area contributed by atoms with E-state index in [-0.39, 0.29) is 17.2 Å². The molecule has 0 saturated heterocycles. The Bertz CT molecular complexity index is 857. The second kappa shape index (κ2) is 6.51.